The Hall–Kier alpha value is -3.51. The SMILES string of the molecule is O=C(NCc1ccc(-c2cccs2)cc1)c1c(O)[nH]c(Cc2ccccc2)c1O. The number of hydrogen-bond donors (Lipinski definition) is 4. The van der Waals surface area contributed by atoms with Crippen molar-refractivity contribution in [2.75, 3.05) is 0 Å². The molecule has 0 aliphatic carbocycles. The van der Waals surface area contributed by atoms with Gasteiger partial charge >= 0.3 is 0 Å². The van der Waals surface area contributed by atoms with Crippen LogP contribution in [0.15, 0.2) is 72.1 Å². The number of H-pyrrole nitrogens is 1. The number of rotatable bonds is 6. The summed E-state index contributed by atoms with van der Waals surface area (Å²) >= 11 is 1.67. The van der Waals surface area contributed by atoms with Gasteiger partial charge in [0, 0.05) is 17.8 Å². The number of nitrogens with one attached hydrogen (secondary N) is 2. The predicted molar refractivity (Wildman–Crippen MR) is 114 cm³/mol. The van der Waals surface area contributed by atoms with E-state index >= 15 is 0 Å². The second-order valence-corrected chi connectivity index (χ2v) is 7.64. The summed E-state index contributed by atoms with van der Waals surface area (Å²) < 4.78 is 0. The van der Waals surface area contributed by atoms with Crippen LogP contribution >= 0.6 is 11.3 Å². The molecule has 0 bridgehead atoms. The van der Waals surface area contributed by atoms with Gasteiger partial charge in [0.15, 0.2) is 5.75 Å². The first-order chi connectivity index (χ1) is 14.1. The number of aromatic hydroxyl groups is 2. The Labute approximate surface area is 172 Å². The first kappa shape index (κ1) is 18.8. The second kappa shape index (κ2) is 8.24. The monoisotopic (exact) mass is 404 g/mol. The van der Waals surface area contributed by atoms with E-state index in [0.717, 1.165) is 16.7 Å². The van der Waals surface area contributed by atoms with E-state index in [9.17, 15) is 15.0 Å². The molecular weight excluding hydrogens is 384 g/mol. The van der Waals surface area contributed by atoms with Crippen molar-refractivity contribution in [2.24, 2.45) is 0 Å². The van der Waals surface area contributed by atoms with Crippen LogP contribution in [0.4, 0.5) is 0 Å². The minimum atomic E-state index is -0.530. The fraction of sp³-hybridized carbons (Fsp3) is 0.0870. The minimum Gasteiger partial charge on any atom is -0.505 e. The highest BCUT2D eigenvalue weighted by molar-refractivity contribution is 7.13. The number of carbonyl (C=O) groups is 1. The molecule has 0 radical (unpaired) electrons. The number of hydrogen-bond acceptors (Lipinski definition) is 4. The molecule has 4 aromatic rings. The maximum atomic E-state index is 12.5. The summed E-state index contributed by atoms with van der Waals surface area (Å²) in [5.74, 6) is -1.09. The molecule has 1 amide bonds. The van der Waals surface area contributed by atoms with Crippen LogP contribution in [-0.2, 0) is 13.0 Å². The third kappa shape index (κ3) is 4.17. The highest BCUT2D eigenvalue weighted by Gasteiger charge is 2.23. The first-order valence-corrected chi connectivity index (χ1v) is 10.1. The van der Waals surface area contributed by atoms with Crippen LogP contribution in [0.3, 0.4) is 0 Å². The molecule has 0 saturated heterocycles. The molecule has 5 nitrogen and oxygen atoms in total. The predicted octanol–water partition coefficient (Wildman–Crippen LogP) is 4.68. The smallest absolute Gasteiger partial charge is 0.260 e. The largest absolute Gasteiger partial charge is 0.505 e. The third-order valence-corrected chi connectivity index (χ3v) is 5.61. The Morgan fingerprint density at radius 2 is 1.69 bits per heavy atom. The normalized spacial score (nSPS) is 10.8. The maximum Gasteiger partial charge on any atom is 0.260 e. The zero-order chi connectivity index (χ0) is 20.2. The standard InChI is InChI=1S/C23H20N2O3S/c26-21-18(13-15-5-2-1-3-6-15)25-23(28)20(21)22(27)24-14-16-8-10-17(11-9-16)19-7-4-12-29-19/h1-12,25-26,28H,13-14H2,(H,24,27). The molecule has 2 aromatic carbocycles. The number of aromatic nitrogens is 1. The van der Waals surface area contributed by atoms with Gasteiger partial charge in [0.05, 0.1) is 5.69 Å². The average Bonchev–Trinajstić information content (AvgIpc) is 3.36. The van der Waals surface area contributed by atoms with E-state index in [1.165, 1.54) is 4.88 Å². The van der Waals surface area contributed by atoms with Crippen LogP contribution in [0.25, 0.3) is 10.4 Å². The number of amides is 1. The summed E-state index contributed by atoms with van der Waals surface area (Å²) in [6.45, 7) is 0.293. The van der Waals surface area contributed by atoms with Gasteiger partial charge in [-0.1, -0.05) is 60.7 Å². The van der Waals surface area contributed by atoms with Crippen LogP contribution < -0.4 is 5.32 Å². The van der Waals surface area contributed by atoms with E-state index in [2.05, 4.69) is 16.4 Å². The average molecular weight is 404 g/mol. The summed E-state index contributed by atoms with van der Waals surface area (Å²) in [5.41, 5.74) is 3.28. The highest BCUT2D eigenvalue weighted by atomic mass is 32.1. The Morgan fingerprint density at radius 1 is 0.931 bits per heavy atom. The van der Waals surface area contributed by atoms with Gasteiger partial charge in [0.1, 0.15) is 5.56 Å². The molecule has 0 saturated carbocycles. The van der Waals surface area contributed by atoms with Crippen molar-refractivity contribution in [3.05, 3.63) is 94.5 Å². The van der Waals surface area contributed by atoms with E-state index in [-0.39, 0.29) is 17.2 Å². The summed E-state index contributed by atoms with van der Waals surface area (Å²) in [4.78, 5) is 16.4. The van der Waals surface area contributed by atoms with Crippen molar-refractivity contribution in [1.82, 2.24) is 10.3 Å². The Morgan fingerprint density at radius 3 is 2.38 bits per heavy atom. The van der Waals surface area contributed by atoms with Crippen molar-refractivity contribution in [1.29, 1.82) is 0 Å². The van der Waals surface area contributed by atoms with Gasteiger partial charge in [-0.2, -0.15) is 0 Å². The van der Waals surface area contributed by atoms with Gasteiger partial charge in [0.2, 0.25) is 5.88 Å². The molecule has 29 heavy (non-hydrogen) atoms. The van der Waals surface area contributed by atoms with Crippen LogP contribution in [0, 0.1) is 0 Å². The van der Waals surface area contributed by atoms with Crippen molar-refractivity contribution in [2.45, 2.75) is 13.0 Å². The van der Waals surface area contributed by atoms with Gasteiger partial charge in [0.25, 0.3) is 5.91 Å². The molecule has 0 fully saturated rings. The van der Waals surface area contributed by atoms with Gasteiger partial charge in [-0.3, -0.25) is 4.79 Å². The summed E-state index contributed by atoms with van der Waals surface area (Å²) in [6, 6.07) is 21.5. The lowest BCUT2D eigenvalue weighted by atomic mass is 10.1. The van der Waals surface area contributed by atoms with E-state index < -0.39 is 5.91 Å². The molecule has 0 aliphatic heterocycles. The molecule has 4 rings (SSSR count). The third-order valence-electron chi connectivity index (χ3n) is 4.69. The van der Waals surface area contributed by atoms with Crippen molar-refractivity contribution >= 4 is 17.2 Å². The molecule has 6 heteroatoms. The van der Waals surface area contributed by atoms with E-state index in [1.807, 2.05) is 66.0 Å². The Kier molecular flexibility index (Phi) is 5.35. The maximum absolute atomic E-state index is 12.5. The number of aromatic amines is 1. The molecule has 146 valence electrons. The first-order valence-electron chi connectivity index (χ1n) is 9.19. The zero-order valence-electron chi connectivity index (χ0n) is 15.6. The topological polar surface area (TPSA) is 85.4 Å². The summed E-state index contributed by atoms with van der Waals surface area (Å²) in [7, 11) is 0. The molecule has 0 unspecified atom stereocenters. The lowest BCUT2D eigenvalue weighted by molar-refractivity contribution is 0.0945. The fourth-order valence-electron chi connectivity index (χ4n) is 3.17. The number of carbonyl (C=O) groups excluding carboxylic acids is 1. The van der Waals surface area contributed by atoms with Crippen LogP contribution in [-0.4, -0.2) is 21.1 Å². The van der Waals surface area contributed by atoms with Crippen molar-refractivity contribution < 1.29 is 15.0 Å². The van der Waals surface area contributed by atoms with E-state index in [0.29, 0.717) is 18.7 Å². The van der Waals surface area contributed by atoms with Gasteiger partial charge < -0.3 is 20.5 Å². The highest BCUT2D eigenvalue weighted by Crippen LogP contribution is 2.32. The van der Waals surface area contributed by atoms with Gasteiger partial charge in [-0.25, -0.2) is 0 Å². The molecule has 0 spiro atoms. The minimum absolute atomic E-state index is 0.133. The molecule has 0 atom stereocenters. The number of thiophene rings is 1. The number of benzene rings is 2. The quantitative estimate of drug-likeness (QED) is 0.377. The Balaban J connectivity index is 1.43. The van der Waals surface area contributed by atoms with E-state index in [4.69, 9.17) is 0 Å². The molecule has 2 aromatic heterocycles. The molecule has 4 N–H and O–H groups in total. The second-order valence-electron chi connectivity index (χ2n) is 6.70. The van der Waals surface area contributed by atoms with Gasteiger partial charge in [-0.15, -0.1) is 11.3 Å². The van der Waals surface area contributed by atoms with Crippen molar-refractivity contribution in [3.8, 4) is 22.1 Å². The van der Waals surface area contributed by atoms with E-state index in [1.54, 1.807) is 11.3 Å². The lowest BCUT2D eigenvalue weighted by Gasteiger charge is -2.06. The van der Waals surface area contributed by atoms with Crippen LogP contribution in [0.2, 0.25) is 0 Å². The molecule has 2 heterocycles. The molecule has 0 aliphatic rings. The lowest BCUT2D eigenvalue weighted by Crippen LogP contribution is -2.22. The Bertz CT molecular complexity index is 1100. The van der Waals surface area contributed by atoms with Crippen LogP contribution in [0.1, 0.15) is 27.2 Å². The fourth-order valence-corrected chi connectivity index (χ4v) is 3.90. The zero-order valence-corrected chi connectivity index (χ0v) is 16.4. The van der Waals surface area contributed by atoms with Crippen LogP contribution in [0.5, 0.6) is 11.6 Å². The molecular formula is C23H20N2O3S. The van der Waals surface area contributed by atoms with Crippen molar-refractivity contribution in [3.63, 3.8) is 0 Å². The summed E-state index contributed by atoms with van der Waals surface area (Å²) in [5, 5.41) is 25.3. The van der Waals surface area contributed by atoms with Gasteiger partial charge in [-0.05, 0) is 28.1 Å². The summed E-state index contributed by atoms with van der Waals surface area (Å²) in [6.07, 6.45) is 0.387.